The van der Waals surface area contributed by atoms with Crippen LogP contribution in [0.2, 0.25) is 0 Å². The summed E-state index contributed by atoms with van der Waals surface area (Å²) in [4.78, 5) is 48.7. The Hall–Kier alpha value is -3.27. The normalized spacial score (nSPS) is 31.1. The highest BCUT2D eigenvalue weighted by molar-refractivity contribution is 6.41. The highest BCUT2D eigenvalue weighted by atomic mass is 16.6. The predicted molar refractivity (Wildman–Crippen MR) is 144 cm³/mol. The number of piperidine rings is 2. The van der Waals surface area contributed by atoms with E-state index in [4.69, 9.17) is 9.94 Å². The standard InChI is InChI=1S/C29H36N4O6/c34-25(35)16-39-31-27(29(37)38)26-28(36)33(24-10-2-1-9-23(24)30-26)22-14-19-7-4-8-20(15-22)32(19)21-12-17-5-3-6-18(11-17)13-21/h1-2,9-10,17-22H,3-8,11-16H2,(H,34,35)(H,37,38)/t17-,18+,19-,20+,21?,22?. The van der Waals surface area contributed by atoms with Gasteiger partial charge in [0, 0.05) is 24.2 Å². The molecule has 1 aromatic carbocycles. The van der Waals surface area contributed by atoms with Crippen molar-refractivity contribution in [2.75, 3.05) is 6.61 Å². The maximum absolute atomic E-state index is 13.9. The van der Waals surface area contributed by atoms with E-state index in [1.54, 1.807) is 16.7 Å². The van der Waals surface area contributed by atoms with Crippen molar-refractivity contribution in [1.29, 1.82) is 0 Å². The van der Waals surface area contributed by atoms with Crippen molar-refractivity contribution in [2.24, 2.45) is 17.0 Å². The Labute approximate surface area is 226 Å². The number of hydrogen-bond donors (Lipinski definition) is 2. The summed E-state index contributed by atoms with van der Waals surface area (Å²) >= 11 is 0. The van der Waals surface area contributed by atoms with Gasteiger partial charge >= 0.3 is 11.9 Å². The van der Waals surface area contributed by atoms with Gasteiger partial charge < -0.3 is 19.6 Å². The van der Waals surface area contributed by atoms with Crippen molar-refractivity contribution in [2.45, 2.75) is 94.8 Å². The number of carboxylic acids is 2. The van der Waals surface area contributed by atoms with E-state index in [9.17, 15) is 19.5 Å². The van der Waals surface area contributed by atoms with Crippen molar-refractivity contribution >= 4 is 28.7 Å². The van der Waals surface area contributed by atoms with Crippen LogP contribution in [0.25, 0.3) is 11.0 Å². The molecule has 6 rings (SSSR count). The molecular weight excluding hydrogens is 500 g/mol. The van der Waals surface area contributed by atoms with Gasteiger partial charge in [0.2, 0.25) is 12.3 Å². The zero-order valence-corrected chi connectivity index (χ0v) is 22.1. The second-order valence-corrected chi connectivity index (χ2v) is 11.9. The Bertz CT molecular complexity index is 1330. The summed E-state index contributed by atoms with van der Waals surface area (Å²) in [6.45, 7) is -0.816. The molecule has 2 saturated heterocycles. The van der Waals surface area contributed by atoms with Gasteiger partial charge in [-0.3, -0.25) is 9.69 Å². The Morgan fingerprint density at radius 2 is 1.56 bits per heavy atom. The Kier molecular flexibility index (Phi) is 7.14. The molecule has 2 unspecified atom stereocenters. The van der Waals surface area contributed by atoms with E-state index in [0.29, 0.717) is 29.2 Å². The molecule has 4 aliphatic rings. The van der Waals surface area contributed by atoms with Crippen molar-refractivity contribution in [1.82, 2.24) is 14.5 Å². The number of carbonyl (C=O) groups is 2. The van der Waals surface area contributed by atoms with E-state index in [1.165, 1.54) is 44.9 Å². The summed E-state index contributed by atoms with van der Waals surface area (Å²) in [5, 5.41) is 22.2. The molecule has 2 aliphatic heterocycles. The smallest absolute Gasteiger partial charge is 0.360 e. The summed E-state index contributed by atoms with van der Waals surface area (Å²) in [5.74, 6) is -1.09. The molecule has 10 nitrogen and oxygen atoms in total. The Morgan fingerprint density at radius 1 is 0.897 bits per heavy atom. The average molecular weight is 537 g/mol. The third-order valence-corrected chi connectivity index (χ3v) is 9.46. The highest BCUT2D eigenvalue weighted by Gasteiger charge is 2.45. The van der Waals surface area contributed by atoms with Crippen molar-refractivity contribution in [3.05, 3.63) is 40.3 Å². The van der Waals surface area contributed by atoms with Crippen LogP contribution >= 0.6 is 0 Å². The minimum atomic E-state index is -1.50. The molecule has 1 aromatic heterocycles. The number of oxime groups is 1. The molecule has 3 heterocycles. The molecule has 208 valence electrons. The second-order valence-electron chi connectivity index (χ2n) is 11.9. The van der Waals surface area contributed by atoms with Crippen LogP contribution in [0.3, 0.4) is 0 Å². The minimum Gasteiger partial charge on any atom is -0.479 e. The van der Waals surface area contributed by atoms with Gasteiger partial charge in [0.05, 0.1) is 11.0 Å². The number of rotatable bonds is 7. The first kappa shape index (κ1) is 26.0. The predicted octanol–water partition coefficient (Wildman–Crippen LogP) is 3.81. The van der Waals surface area contributed by atoms with Crippen LogP contribution in [0.4, 0.5) is 0 Å². The van der Waals surface area contributed by atoms with Gasteiger partial charge in [-0.15, -0.1) is 0 Å². The monoisotopic (exact) mass is 536 g/mol. The third kappa shape index (κ3) is 5.06. The molecule has 0 radical (unpaired) electrons. The van der Waals surface area contributed by atoms with E-state index in [2.05, 4.69) is 15.0 Å². The van der Waals surface area contributed by atoms with E-state index in [0.717, 1.165) is 37.5 Å². The van der Waals surface area contributed by atoms with Gasteiger partial charge in [0.15, 0.2) is 5.69 Å². The van der Waals surface area contributed by atoms with Crippen LogP contribution in [-0.4, -0.2) is 67.0 Å². The molecule has 4 fully saturated rings. The molecule has 4 bridgehead atoms. The first-order chi connectivity index (χ1) is 18.9. The molecule has 10 heteroatoms. The molecule has 2 saturated carbocycles. The molecule has 2 aromatic rings. The lowest BCUT2D eigenvalue weighted by Crippen LogP contribution is -2.58. The number of benzene rings is 1. The largest absolute Gasteiger partial charge is 0.479 e. The average Bonchev–Trinajstić information content (AvgIpc) is 2.90. The molecule has 2 aliphatic carbocycles. The molecule has 2 N–H and O–H groups in total. The van der Waals surface area contributed by atoms with Crippen LogP contribution in [0.15, 0.2) is 34.2 Å². The zero-order chi connectivity index (χ0) is 27.1. The van der Waals surface area contributed by atoms with E-state index < -0.39 is 29.8 Å². The molecule has 39 heavy (non-hydrogen) atoms. The molecular formula is C29H36N4O6. The molecule has 0 amide bonds. The topological polar surface area (TPSA) is 134 Å². The number of fused-ring (bicyclic) bond motifs is 5. The van der Waals surface area contributed by atoms with Crippen molar-refractivity contribution < 1.29 is 24.6 Å². The van der Waals surface area contributed by atoms with Gasteiger partial charge in [-0.2, -0.15) is 0 Å². The lowest BCUT2D eigenvalue weighted by atomic mass is 9.68. The Morgan fingerprint density at radius 3 is 2.23 bits per heavy atom. The SMILES string of the molecule is O=C(O)CON=C(C(=O)O)c1nc2ccccc2n(C2C[C@H]3CCC[C@@H](C2)N3C2C[C@H]3CCC[C@@H](C2)C3)c1=O. The van der Waals surface area contributed by atoms with Crippen LogP contribution < -0.4 is 5.56 Å². The summed E-state index contributed by atoms with van der Waals surface area (Å²) < 4.78 is 1.73. The van der Waals surface area contributed by atoms with E-state index in [1.807, 2.05) is 12.1 Å². The fraction of sp³-hybridized carbons (Fsp3) is 0.621. The lowest BCUT2D eigenvalue weighted by molar-refractivity contribution is -0.142. The van der Waals surface area contributed by atoms with Gasteiger partial charge in [-0.05, 0) is 68.9 Å². The maximum Gasteiger partial charge on any atom is 0.360 e. The van der Waals surface area contributed by atoms with Crippen molar-refractivity contribution in [3.8, 4) is 0 Å². The number of aromatic nitrogens is 2. The fourth-order valence-corrected chi connectivity index (χ4v) is 8.14. The number of carboxylic acid groups (broad SMARTS) is 2. The summed E-state index contributed by atoms with van der Waals surface area (Å²) in [7, 11) is 0. The summed E-state index contributed by atoms with van der Waals surface area (Å²) in [6, 6.07) is 8.61. The van der Waals surface area contributed by atoms with Crippen molar-refractivity contribution in [3.63, 3.8) is 0 Å². The zero-order valence-electron chi connectivity index (χ0n) is 22.1. The van der Waals surface area contributed by atoms with E-state index in [-0.39, 0.29) is 11.7 Å². The first-order valence-corrected chi connectivity index (χ1v) is 14.3. The van der Waals surface area contributed by atoms with Gasteiger partial charge in [0.1, 0.15) is 0 Å². The number of nitrogens with zero attached hydrogens (tertiary/aromatic N) is 4. The Balaban J connectivity index is 1.35. The minimum absolute atomic E-state index is 0.0891. The number of aliphatic carboxylic acids is 2. The lowest BCUT2D eigenvalue weighted by Gasteiger charge is -2.55. The molecule has 6 atom stereocenters. The third-order valence-electron chi connectivity index (χ3n) is 9.46. The first-order valence-electron chi connectivity index (χ1n) is 14.3. The highest BCUT2D eigenvalue weighted by Crippen LogP contribution is 2.47. The van der Waals surface area contributed by atoms with Gasteiger partial charge in [-0.25, -0.2) is 14.6 Å². The second kappa shape index (κ2) is 10.7. The summed E-state index contributed by atoms with van der Waals surface area (Å²) in [5.41, 5.74) is -0.387. The van der Waals surface area contributed by atoms with Gasteiger partial charge in [-0.1, -0.05) is 43.0 Å². The maximum atomic E-state index is 13.9. The van der Waals surface area contributed by atoms with E-state index >= 15 is 0 Å². The fourth-order valence-electron chi connectivity index (χ4n) is 8.14. The van der Waals surface area contributed by atoms with Crippen LogP contribution in [0.5, 0.6) is 0 Å². The molecule has 0 spiro atoms. The van der Waals surface area contributed by atoms with Crippen LogP contribution in [0, 0.1) is 11.8 Å². The summed E-state index contributed by atoms with van der Waals surface area (Å²) in [6.07, 6.45) is 13.2. The number of para-hydroxylation sites is 2. The van der Waals surface area contributed by atoms with Crippen LogP contribution in [-0.2, 0) is 14.4 Å². The quantitative estimate of drug-likeness (QED) is 0.403. The van der Waals surface area contributed by atoms with Gasteiger partial charge in [0.25, 0.3) is 5.56 Å². The van der Waals surface area contributed by atoms with Crippen LogP contribution in [0.1, 0.15) is 82.4 Å². The number of hydrogen-bond acceptors (Lipinski definition) is 7.